The van der Waals surface area contributed by atoms with E-state index in [0.717, 1.165) is 19.9 Å². The summed E-state index contributed by atoms with van der Waals surface area (Å²) in [5, 5.41) is 20.3. The Kier molecular flexibility index (Phi) is 2.72. The summed E-state index contributed by atoms with van der Waals surface area (Å²) in [4.78, 5) is 20.9. The molecule has 6 heteroatoms. The monoisotopic (exact) mass is 215 g/mol. The van der Waals surface area contributed by atoms with Gasteiger partial charge in [-0.25, -0.2) is 4.39 Å². The first-order valence-electron chi connectivity index (χ1n) is 4.22. The second-order valence-corrected chi connectivity index (χ2v) is 3.57. The highest BCUT2D eigenvalue weighted by Gasteiger charge is 2.48. The number of nitrogens with zero attached hydrogens (tertiary/aromatic N) is 1. The summed E-state index contributed by atoms with van der Waals surface area (Å²) in [6, 6.07) is 0. The molecule has 0 saturated carbocycles. The average molecular weight is 215 g/mol. The topological polar surface area (TPSA) is 80.4 Å². The van der Waals surface area contributed by atoms with E-state index in [4.69, 9.17) is 0 Å². The van der Waals surface area contributed by atoms with Crippen molar-refractivity contribution in [3.8, 4) is 0 Å². The number of allylic oxidation sites excluding steroid dienone is 2. The third-order valence-electron chi connectivity index (χ3n) is 2.37. The smallest absolute Gasteiger partial charge is 0.270 e. The lowest BCUT2D eigenvalue weighted by Gasteiger charge is -2.26. The molecule has 0 bridgehead atoms. The molecule has 0 heterocycles. The van der Waals surface area contributed by atoms with Gasteiger partial charge in [0.1, 0.15) is 5.83 Å². The molecular formula is C9H10FNO4. The number of halogens is 1. The summed E-state index contributed by atoms with van der Waals surface area (Å²) in [5.74, 6) is -1.47. The molecule has 0 aliphatic heterocycles. The molecule has 5 nitrogen and oxygen atoms in total. The Balaban J connectivity index is 3.26. The molecule has 82 valence electrons. The Morgan fingerprint density at radius 3 is 2.67 bits per heavy atom. The molecule has 15 heavy (non-hydrogen) atoms. The number of carbonyl (C=O) groups excluding carboxylic acids is 1. The maximum atomic E-state index is 13.0. The zero-order valence-corrected chi connectivity index (χ0v) is 8.23. The Hall–Kier alpha value is -1.56. The molecule has 0 radical (unpaired) electrons. The second-order valence-electron chi connectivity index (χ2n) is 3.57. The van der Waals surface area contributed by atoms with E-state index in [9.17, 15) is 24.4 Å². The number of Topliss-reactive ketones (excluding diaryl/α,β-unsaturated/α-hetero) is 1. The number of rotatable bonds is 2. The summed E-state index contributed by atoms with van der Waals surface area (Å²) < 4.78 is 13.0. The van der Waals surface area contributed by atoms with Gasteiger partial charge in [0.2, 0.25) is 0 Å². The van der Waals surface area contributed by atoms with Crippen LogP contribution in [-0.4, -0.2) is 27.5 Å². The van der Waals surface area contributed by atoms with Crippen LogP contribution in [0.25, 0.3) is 0 Å². The maximum absolute atomic E-state index is 13.0. The molecule has 0 fully saturated rings. The number of carbonyl (C=O) groups is 1. The highest BCUT2D eigenvalue weighted by molar-refractivity contribution is 5.95. The number of nitro groups is 1. The molecule has 2 atom stereocenters. The minimum absolute atomic E-state index is 0.283. The highest BCUT2D eigenvalue weighted by Crippen LogP contribution is 2.30. The van der Waals surface area contributed by atoms with Gasteiger partial charge in [-0.3, -0.25) is 14.9 Å². The van der Waals surface area contributed by atoms with Gasteiger partial charge in [-0.05, 0) is 13.0 Å². The Morgan fingerprint density at radius 1 is 1.73 bits per heavy atom. The number of hydrogen-bond donors (Lipinski definition) is 1. The molecule has 0 aromatic rings. The summed E-state index contributed by atoms with van der Waals surface area (Å²) in [6.45, 7) is 2.18. The van der Waals surface area contributed by atoms with E-state index in [-0.39, 0.29) is 5.57 Å². The van der Waals surface area contributed by atoms with Crippen LogP contribution < -0.4 is 0 Å². The van der Waals surface area contributed by atoms with Crippen LogP contribution >= 0.6 is 0 Å². The minimum Gasteiger partial charge on any atom is -0.380 e. The van der Waals surface area contributed by atoms with E-state index in [1.54, 1.807) is 0 Å². The fraction of sp³-hybridized carbons (Fsp3) is 0.444. The van der Waals surface area contributed by atoms with Crippen molar-refractivity contribution < 1.29 is 19.2 Å². The normalized spacial score (nSPS) is 30.5. The van der Waals surface area contributed by atoms with Gasteiger partial charge in [0.15, 0.2) is 11.9 Å². The van der Waals surface area contributed by atoms with E-state index >= 15 is 0 Å². The van der Waals surface area contributed by atoms with Gasteiger partial charge in [0.25, 0.3) is 5.54 Å². The van der Waals surface area contributed by atoms with Gasteiger partial charge < -0.3 is 5.11 Å². The van der Waals surface area contributed by atoms with Gasteiger partial charge in [-0.1, -0.05) is 0 Å². The molecule has 0 saturated heterocycles. The fourth-order valence-electron chi connectivity index (χ4n) is 1.39. The largest absolute Gasteiger partial charge is 0.380 e. The first-order valence-corrected chi connectivity index (χ1v) is 4.22. The molecule has 0 aromatic heterocycles. The average Bonchev–Trinajstić information content (AvgIpc) is 2.10. The van der Waals surface area contributed by atoms with E-state index < -0.39 is 28.2 Å². The number of aliphatic hydroxyl groups is 1. The lowest BCUT2D eigenvalue weighted by molar-refractivity contribution is -0.561. The zero-order chi connectivity index (χ0) is 11.8. The van der Waals surface area contributed by atoms with Crippen LogP contribution in [-0.2, 0) is 4.79 Å². The van der Waals surface area contributed by atoms with Crippen LogP contribution in [0, 0.1) is 10.1 Å². The SMILES string of the molecule is CC(=O)C1=CC(F)=CC(C)([N+](=O)[O-])C1O. The molecule has 0 amide bonds. The maximum Gasteiger partial charge on any atom is 0.270 e. The Morgan fingerprint density at radius 2 is 2.27 bits per heavy atom. The molecule has 1 aliphatic rings. The highest BCUT2D eigenvalue weighted by atomic mass is 19.1. The number of hydrogen-bond acceptors (Lipinski definition) is 4. The minimum atomic E-state index is -1.99. The lowest BCUT2D eigenvalue weighted by atomic mass is 9.84. The van der Waals surface area contributed by atoms with Gasteiger partial charge in [0.05, 0.1) is 0 Å². The van der Waals surface area contributed by atoms with Gasteiger partial charge in [-0.2, -0.15) is 0 Å². The second kappa shape index (κ2) is 3.54. The van der Waals surface area contributed by atoms with Crippen LogP contribution in [0.5, 0.6) is 0 Å². The first kappa shape index (κ1) is 11.5. The van der Waals surface area contributed by atoms with Crippen molar-refractivity contribution in [3.05, 3.63) is 33.7 Å². The molecule has 1 rings (SSSR count). The molecule has 0 aromatic carbocycles. The van der Waals surface area contributed by atoms with Crippen molar-refractivity contribution in [1.29, 1.82) is 0 Å². The predicted octanol–water partition coefficient (Wildman–Crippen LogP) is 0.765. The summed E-state index contributed by atoms with van der Waals surface area (Å²) in [7, 11) is 0. The first-order chi connectivity index (χ1) is 6.79. The Labute approximate surface area is 85.0 Å². The van der Waals surface area contributed by atoms with Crippen molar-refractivity contribution in [3.63, 3.8) is 0 Å². The van der Waals surface area contributed by atoms with E-state index in [0.29, 0.717) is 6.08 Å². The van der Waals surface area contributed by atoms with E-state index in [1.165, 1.54) is 0 Å². The third-order valence-corrected chi connectivity index (χ3v) is 2.37. The third kappa shape index (κ3) is 1.80. The Bertz CT molecular complexity index is 388. The number of ketones is 1. The van der Waals surface area contributed by atoms with E-state index in [2.05, 4.69) is 0 Å². The molecule has 1 aliphatic carbocycles. The van der Waals surface area contributed by atoms with Crippen LogP contribution in [0.3, 0.4) is 0 Å². The van der Waals surface area contributed by atoms with Crippen LogP contribution in [0.2, 0.25) is 0 Å². The summed E-state index contributed by atoms with van der Waals surface area (Å²) in [5.41, 5.74) is -2.27. The van der Waals surface area contributed by atoms with Gasteiger partial charge in [0, 0.05) is 23.5 Å². The number of aliphatic hydroxyl groups excluding tert-OH is 1. The van der Waals surface area contributed by atoms with E-state index in [1.807, 2.05) is 0 Å². The summed E-state index contributed by atoms with van der Waals surface area (Å²) >= 11 is 0. The lowest BCUT2D eigenvalue weighted by Crippen LogP contribution is -2.48. The fourth-order valence-corrected chi connectivity index (χ4v) is 1.39. The van der Waals surface area contributed by atoms with Crippen LogP contribution in [0.4, 0.5) is 4.39 Å². The predicted molar refractivity (Wildman–Crippen MR) is 49.4 cm³/mol. The summed E-state index contributed by atoms with van der Waals surface area (Å²) in [6.07, 6.45) is -0.105. The van der Waals surface area contributed by atoms with Crippen LogP contribution in [0.1, 0.15) is 13.8 Å². The van der Waals surface area contributed by atoms with Crippen molar-refractivity contribution in [2.24, 2.45) is 0 Å². The van der Waals surface area contributed by atoms with Crippen molar-refractivity contribution in [1.82, 2.24) is 0 Å². The van der Waals surface area contributed by atoms with Crippen molar-refractivity contribution >= 4 is 5.78 Å². The van der Waals surface area contributed by atoms with Gasteiger partial charge in [-0.15, -0.1) is 0 Å². The van der Waals surface area contributed by atoms with Crippen molar-refractivity contribution in [2.45, 2.75) is 25.5 Å². The zero-order valence-electron chi connectivity index (χ0n) is 8.23. The quantitative estimate of drug-likeness (QED) is 0.544. The molecule has 1 N–H and O–H groups in total. The van der Waals surface area contributed by atoms with Crippen LogP contribution in [0.15, 0.2) is 23.6 Å². The molecule has 0 spiro atoms. The van der Waals surface area contributed by atoms with Crippen molar-refractivity contribution in [2.75, 3.05) is 0 Å². The standard InChI is InChI=1S/C9H10FNO4/c1-5(12)7-3-6(10)4-9(2,8(7)13)11(14)15/h3-4,8,13H,1-2H3. The molecular weight excluding hydrogens is 205 g/mol. The van der Waals surface area contributed by atoms with Gasteiger partial charge >= 0.3 is 0 Å². The molecule has 2 unspecified atom stereocenters.